The Morgan fingerprint density at radius 3 is 2.54 bits per heavy atom. The van der Waals surface area contributed by atoms with Crippen molar-refractivity contribution in [2.24, 2.45) is 5.92 Å². The lowest BCUT2D eigenvalue weighted by molar-refractivity contribution is 0.473. The molecule has 0 bridgehead atoms. The molecule has 0 radical (unpaired) electrons. The topological polar surface area (TPSA) is 12.0 Å². The van der Waals surface area contributed by atoms with Crippen molar-refractivity contribution in [3.05, 3.63) is 11.6 Å². The lowest BCUT2D eigenvalue weighted by atomic mass is 9.99. The molecule has 0 aromatic rings. The molecule has 0 aromatic carbocycles. The van der Waals surface area contributed by atoms with Gasteiger partial charge in [-0.05, 0) is 59.0 Å². The zero-order chi connectivity index (χ0) is 10.1. The van der Waals surface area contributed by atoms with E-state index >= 15 is 0 Å². The molecule has 0 heterocycles. The highest BCUT2D eigenvalue weighted by Crippen LogP contribution is 2.13. The van der Waals surface area contributed by atoms with Crippen LogP contribution in [0.5, 0.6) is 0 Å². The third-order valence-corrected chi connectivity index (χ3v) is 2.34. The Hall–Kier alpha value is -0.300. The van der Waals surface area contributed by atoms with Crippen LogP contribution in [0.2, 0.25) is 0 Å². The molecular formula is C12H25N. The summed E-state index contributed by atoms with van der Waals surface area (Å²) in [5.41, 5.74) is 1.45. The Bertz CT molecular complexity index is 134. The van der Waals surface area contributed by atoms with E-state index < -0.39 is 0 Å². The molecule has 0 amide bonds. The molecule has 0 aromatic heterocycles. The molecule has 1 nitrogen and oxygen atoms in total. The first-order chi connectivity index (χ1) is 6.16. The Morgan fingerprint density at radius 2 is 2.00 bits per heavy atom. The van der Waals surface area contributed by atoms with E-state index in [1.165, 1.54) is 31.3 Å². The fourth-order valence-corrected chi connectivity index (χ4v) is 1.43. The van der Waals surface area contributed by atoms with Crippen molar-refractivity contribution in [2.75, 3.05) is 13.6 Å². The zero-order valence-corrected chi connectivity index (χ0v) is 9.69. The summed E-state index contributed by atoms with van der Waals surface area (Å²) in [6.07, 6.45) is 7.61. The molecule has 1 N–H and O–H groups in total. The quantitative estimate of drug-likeness (QED) is 0.471. The molecule has 0 rings (SSSR count). The largest absolute Gasteiger partial charge is 0.320 e. The van der Waals surface area contributed by atoms with Gasteiger partial charge in [0, 0.05) is 0 Å². The molecule has 1 atom stereocenters. The molecule has 1 unspecified atom stereocenters. The number of rotatable bonds is 7. The predicted octanol–water partition coefficient (Wildman–Crippen LogP) is 3.37. The van der Waals surface area contributed by atoms with Crippen LogP contribution in [0.15, 0.2) is 11.6 Å². The lowest BCUT2D eigenvalue weighted by Crippen LogP contribution is -2.08. The second-order valence-electron chi connectivity index (χ2n) is 4.21. The fourth-order valence-electron chi connectivity index (χ4n) is 1.43. The van der Waals surface area contributed by atoms with Gasteiger partial charge in [0.2, 0.25) is 0 Å². The van der Waals surface area contributed by atoms with Gasteiger partial charge >= 0.3 is 0 Å². The molecule has 0 fully saturated rings. The first-order valence-corrected chi connectivity index (χ1v) is 5.44. The van der Waals surface area contributed by atoms with Gasteiger partial charge in [-0.1, -0.05) is 18.6 Å². The van der Waals surface area contributed by atoms with Crippen LogP contribution in [0.1, 0.15) is 46.5 Å². The van der Waals surface area contributed by atoms with Crippen LogP contribution in [-0.4, -0.2) is 13.6 Å². The van der Waals surface area contributed by atoms with Crippen molar-refractivity contribution in [1.29, 1.82) is 0 Å². The van der Waals surface area contributed by atoms with Crippen LogP contribution in [-0.2, 0) is 0 Å². The summed E-state index contributed by atoms with van der Waals surface area (Å²) < 4.78 is 0. The van der Waals surface area contributed by atoms with Gasteiger partial charge in [-0.3, -0.25) is 0 Å². The molecule has 0 aliphatic heterocycles. The molecule has 0 aliphatic rings. The maximum absolute atomic E-state index is 3.19. The van der Waals surface area contributed by atoms with Gasteiger partial charge in [0.1, 0.15) is 0 Å². The van der Waals surface area contributed by atoms with Crippen LogP contribution in [0.4, 0.5) is 0 Å². The average molecular weight is 183 g/mol. The molecular weight excluding hydrogens is 158 g/mol. The van der Waals surface area contributed by atoms with Gasteiger partial charge in [0.05, 0.1) is 0 Å². The maximum atomic E-state index is 3.19. The fraction of sp³-hybridized carbons (Fsp3) is 0.833. The van der Waals surface area contributed by atoms with Gasteiger partial charge in [-0.25, -0.2) is 0 Å². The van der Waals surface area contributed by atoms with E-state index in [1.54, 1.807) is 0 Å². The highest BCUT2D eigenvalue weighted by atomic mass is 14.8. The van der Waals surface area contributed by atoms with Crippen molar-refractivity contribution >= 4 is 0 Å². The van der Waals surface area contributed by atoms with Gasteiger partial charge < -0.3 is 5.32 Å². The number of allylic oxidation sites excluding steroid dienone is 2. The normalized spacial score (nSPS) is 12.6. The van der Waals surface area contributed by atoms with E-state index in [-0.39, 0.29) is 0 Å². The Morgan fingerprint density at radius 1 is 1.31 bits per heavy atom. The van der Waals surface area contributed by atoms with Crippen molar-refractivity contribution < 1.29 is 0 Å². The molecule has 0 aliphatic carbocycles. The minimum Gasteiger partial charge on any atom is -0.320 e. The summed E-state index contributed by atoms with van der Waals surface area (Å²) in [5, 5.41) is 3.19. The second-order valence-corrected chi connectivity index (χ2v) is 4.21. The molecule has 0 saturated carbocycles. The molecule has 0 spiro atoms. The first kappa shape index (κ1) is 12.7. The summed E-state index contributed by atoms with van der Waals surface area (Å²) in [4.78, 5) is 0. The van der Waals surface area contributed by atoms with E-state index in [2.05, 4.69) is 32.2 Å². The highest BCUT2D eigenvalue weighted by molar-refractivity contribution is 4.92. The molecule has 13 heavy (non-hydrogen) atoms. The minimum absolute atomic E-state index is 0.879. The SMILES string of the molecule is CNCCCC(C)CCC=C(C)C. The third kappa shape index (κ3) is 9.62. The number of hydrogen-bond acceptors (Lipinski definition) is 1. The summed E-state index contributed by atoms with van der Waals surface area (Å²) >= 11 is 0. The number of nitrogens with one attached hydrogen (secondary N) is 1. The molecule has 0 saturated heterocycles. The molecule has 1 heteroatoms. The minimum atomic E-state index is 0.879. The third-order valence-electron chi connectivity index (χ3n) is 2.34. The van der Waals surface area contributed by atoms with Crippen molar-refractivity contribution in [3.63, 3.8) is 0 Å². The summed E-state index contributed by atoms with van der Waals surface area (Å²) in [5.74, 6) is 0.879. The van der Waals surface area contributed by atoms with Crippen LogP contribution in [0, 0.1) is 5.92 Å². The summed E-state index contributed by atoms with van der Waals surface area (Å²) in [6, 6.07) is 0. The van der Waals surface area contributed by atoms with Gasteiger partial charge in [-0.15, -0.1) is 0 Å². The Labute approximate surface area is 83.6 Å². The van der Waals surface area contributed by atoms with Gasteiger partial charge in [0.15, 0.2) is 0 Å². The lowest BCUT2D eigenvalue weighted by Gasteiger charge is -2.09. The van der Waals surface area contributed by atoms with Gasteiger partial charge in [0.25, 0.3) is 0 Å². The maximum Gasteiger partial charge on any atom is -0.00518 e. The van der Waals surface area contributed by atoms with Crippen LogP contribution in [0.3, 0.4) is 0 Å². The molecule has 78 valence electrons. The Balaban J connectivity index is 3.30. The van der Waals surface area contributed by atoms with Crippen molar-refractivity contribution in [2.45, 2.75) is 46.5 Å². The van der Waals surface area contributed by atoms with E-state index in [0.29, 0.717) is 0 Å². The predicted molar refractivity (Wildman–Crippen MR) is 61.0 cm³/mol. The highest BCUT2D eigenvalue weighted by Gasteiger charge is 1.99. The zero-order valence-electron chi connectivity index (χ0n) is 9.69. The van der Waals surface area contributed by atoms with Gasteiger partial charge in [-0.2, -0.15) is 0 Å². The average Bonchev–Trinajstić information content (AvgIpc) is 2.04. The number of hydrogen-bond donors (Lipinski definition) is 1. The summed E-state index contributed by atoms with van der Waals surface area (Å²) in [6.45, 7) is 7.86. The van der Waals surface area contributed by atoms with E-state index in [4.69, 9.17) is 0 Å². The van der Waals surface area contributed by atoms with Crippen molar-refractivity contribution in [3.8, 4) is 0 Å². The first-order valence-electron chi connectivity index (χ1n) is 5.44. The smallest absolute Gasteiger partial charge is 0.00518 e. The van der Waals surface area contributed by atoms with Crippen LogP contribution < -0.4 is 5.32 Å². The summed E-state index contributed by atoms with van der Waals surface area (Å²) in [7, 11) is 2.02. The van der Waals surface area contributed by atoms with Crippen LogP contribution >= 0.6 is 0 Å². The monoisotopic (exact) mass is 183 g/mol. The van der Waals surface area contributed by atoms with E-state index in [0.717, 1.165) is 12.5 Å². The Kier molecular flexibility index (Phi) is 8.11. The van der Waals surface area contributed by atoms with Crippen molar-refractivity contribution in [1.82, 2.24) is 5.32 Å². The second kappa shape index (κ2) is 8.31. The standard InChI is InChI=1S/C12H25N/c1-11(2)7-5-8-12(3)9-6-10-13-4/h7,12-13H,5-6,8-10H2,1-4H3. The van der Waals surface area contributed by atoms with E-state index in [1.807, 2.05) is 7.05 Å². The van der Waals surface area contributed by atoms with E-state index in [9.17, 15) is 0 Å². The van der Waals surface area contributed by atoms with Crippen LogP contribution in [0.25, 0.3) is 0 Å².